The second-order valence-electron chi connectivity index (χ2n) is 3.87. The molecule has 0 radical (unpaired) electrons. The van der Waals surface area contributed by atoms with Gasteiger partial charge < -0.3 is 4.42 Å². The molecule has 2 heterocycles. The second kappa shape index (κ2) is 5.28. The monoisotopic (exact) mass is 330 g/mol. The minimum absolute atomic E-state index is 0.114. The van der Waals surface area contributed by atoms with E-state index in [0.29, 0.717) is 6.54 Å². The van der Waals surface area contributed by atoms with Gasteiger partial charge in [-0.1, -0.05) is 0 Å². The third-order valence-electron chi connectivity index (χ3n) is 2.63. The highest BCUT2D eigenvalue weighted by Gasteiger charge is 2.18. The molecule has 0 bridgehead atoms. The Kier molecular flexibility index (Phi) is 3.92. The summed E-state index contributed by atoms with van der Waals surface area (Å²) >= 11 is 9.11. The Bertz CT molecular complexity index is 589. The first-order chi connectivity index (χ1) is 8.52. The van der Waals surface area contributed by atoms with Gasteiger partial charge in [0.05, 0.1) is 22.3 Å². The molecule has 96 valence electrons. The van der Waals surface area contributed by atoms with Gasteiger partial charge in [0, 0.05) is 6.54 Å². The number of carbonyl (C=O) groups excluding carboxylic acids is 1. The summed E-state index contributed by atoms with van der Waals surface area (Å²) in [5.41, 5.74) is 1.73. The van der Waals surface area contributed by atoms with Crippen LogP contribution in [0, 0.1) is 6.92 Å². The van der Waals surface area contributed by atoms with E-state index in [2.05, 4.69) is 21.0 Å². The van der Waals surface area contributed by atoms with Crippen molar-refractivity contribution in [2.45, 2.75) is 26.8 Å². The zero-order chi connectivity index (χ0) is 13.3. The highest BCUT2D eigenvalue weighted by atomic mass is 79.9. The molecule has 4 nitrogen and oxygen atoms in total. The van der Waals surface area contributed by atoms with Gasteiger partial charge in [0.25, 0.3) is 0 Å². The number of hydrogen-bond acceptors (Lipinski definition) is 3. The lowest BCUT2D eigenvalue weighted by Crippen LogP contribution is -2.09. The molecule has 0 fully saturated rings. The summed E-state index contributed by atoms with van der Waals surface area (Å²) in [6, 6.07) is 3.14. The van der Waals surface area contributed by atoms with E-state index in [1.807, 2.05) is 18.5 Å². The van der Waals surface area contributed by atoms with Crippen LogP contribution in [0.15, 0.2) is 21.0 Å². The summed E-state index contributed by atoms with van der Waals surface area (Å²) in [4.78, 5) is 12.0. The standard InChI is InChI=1S/C12H12BrClN2O2/c1-3-16-8(12(13)7(2)15-16)6-9(17)10-4-5-11(14)18-10/h4-5H,3,6H2,1-2H3. The van der Waals surface area contributed by atoms with Gasteiger partial charge in [0.2, 0.25) is 5.78 Å². The van der Waals surface area contributed by atoms with E-state index >= 15 is 0 Å². The molecular weight excluding hydrogens is 320 g/mol. The van der Waals surface area contributed by atoms with Gasteiger partial charge in [-0.25, -0.2) is 0 Å². The quantitative estimate of drug-likeness (QED) is 0.804. The highest BCUT2D eigenvalue weighted by Crippen LogP contribution is 2.23. The number of aryl methyl sites for hydroxylation is 2. The second-order valence-corrected chi connectivity index (χ2v) is 5.03. The number of Topliss-reactive ketones (excluding diaryl/α,β-unsaturated/α-hetero) is 1. The first-order valence-electron chi connectivity index (χ1n) is 5.53. The Morgan fingerprint density at radius 1 is 1.56 bits per heavy atom. The van der Waals surface area contributed by atoms with Crippen LogP contribution >= 0.6 is 27.5 Å². The highest BCUT2D eigenvalue weighted by molar-refractivity contribution is 9.10. The van der Waals surface area contributed by atoms with Crippen molar-refractivity contribution in [1.29, 1.82) is 0 Å². The lowest BCUT2D eigenvalue weighted by molar-refractivity contribution is 0.0964. The molecule has 18 heavy (non-hydrogen) atoms. The van der Waals surface area contributed by atoms with Crippen LogP contribution in [0.1, 0.15) is 28.9 Å². The summed E-state index contributed by atoms with van der Waals surface area (Å²) in [5, 5.41) is 4.56. The van der Waals surface area contributed by atoms with Crippen molar-refractivity contribution in [3.63, 3.8) is 0 Å². The fourth-order valence-corrected chi connectivity index (χ4v) is 2.31. The predicted molar refractivity (Wildman–Crippen MR) is 72.1 cm³/mol. The minimum atomic E-state index is -0.114. The van der Waals surface area contributed by atoms with Gasteiger partial charge in [-0.2, -0.15) is 5.10 Å². The Labute approximate surface area is 118 Å². The summed E-state index contributed by atoms with van der Waals surface area (Å²) < 4.78 is 7.79. The molecule has 2 aromatic heterocycles. The van der Waals surface area contributed by atoms with Crippen LogP contribution in [-0.2, 0) is 13.0 Å². The van der Waals surface area contributed by atoms with Crippen molar-refractivity contribution >= 4 is 33.3 Å². The Hall–Kier alpha value is -1.07. The van der Waals surface area contributed by atoms with E-state index in [9.17, 15) is 4.79 Å². The molecule has 0 aliphatic rings. The van der Waals surface area contributed by atoms with E-state index in [1.165, 1.54) is 0 Å². The van der Waals surface area contributed by atoms with Crippen molar-refractivity contribution in [2.75, 3.05) is 0 Å². The van der Waals surface area contributed by atoms with Crippen molar-refractivity contribution < 1.29 is 9.21 Å². The van der Waals surface area contributed by atoms with Crippen molar-refractivity contribution in [3.05, 3.63) is 39.0 Å². The Balaban J connectivity index is 2.26. The lowest BCUT2D eigenvalue weighted by atomic mass is 10.1. The van der Waals surface area contributed by atoms with Gasteiger partial charge in [-0.3, -0.25) is 9.48 Å². The molecule has 0 unspecified atom stereocenters. The Morgan fingerprint density at radius 2 is 2.28 bits per heavy atom. The van der Waals surface area contributed by atoms with E-state index in [-0.39, 0.29) is 23.2 Å². The molecule has 2 rings (SSSR count). The maximum Gasteiger partial charge on any atom is 0.204 e. The molecule has 6 heteroatoms. The van der Waals surface area contributed by atoms with Gasteiger partial charge >= 0.3 is 0 Å². The average Bonchev–Trinajstić information content (AvgIpc) is 2.88. The van der Waals surface area contributed by atoms with E-state index in [1.54, 1.807) is 12.1 Å². The number of furan rings is 1. The lowest BCUT2D eigenvalue weighted by Gasteiger charge is -2.03. The molecule has 0 amide bonds. The molecule has 0 saturated heterocycles. The normalized spacial score (nSPS) is 10.9. The van der Waals surface area contributed by atoms with Gasteiger partial charge in [-0.15, -0.1) is 0 Å². The number of aromatic nitrogens is 2. The number of ketones is 1. The molecule has 0 N–H and O–H groups in total. The molecule has 0 atom stereocenters. The summed E-state index contributed by atoms with van der Waals surface area (Å²) in [7, 11) is 0. The van der Waals surface area contributed by atoms with Crippen molar-refractivity contribution in [3.8, 4) is 0 Å². The van der Waals surface area contributed by atoms with Crippen LogP contribution in [0.3, 0.4) is 0 Å². The zero-order valence-corrected chi connectivity index (χ0v) is 12.4. The van der Waals surface area contributed by atoms with Crippen LogP contribution in [0.2, 0.25) is 5.22 Å². The van der Waals surface area contributed by atoms with E-state index < -0.39 is 0 Å². The molecule has 0 aliphatic carbocycles. The number of nitrogens with zero attached hydrogens (tertiary/aromatic N) is 2. The SMILES string of the molecule is CCn1nc(C)c(Br)c1CC(=O)c1ccc(Cl)o1. The summed E-state index contributed by atoms with van der Waals surface area (Å²) in [6.45, 7) is 4.60. The summed E-state index contributed by atoms with van der Waals surface area (Å²) in [5.74, 6) is 0.158. The number of hydrogen-bond donors (Lipinski definition) is 0. The number of rotatable bonds is 4. The van der Waals surface area contributed by atoms with E-state index in [4.69, 9.17) is 16.0 Å². The predicted octanol–water partition coefficient (Wildman–Crippen LogP) is 3.65. The molecule has 0 saturated carbocycles. The number of halogens is 2. The van der Waals surface area contributed by atoms with Crippen LogP contribution < -0.4 is 0 Å². The summed E-state index contributed by atoms with van der Waals surface area (Å²) in [6.07, 6.45) is 0.235. The molecule has 0 aliphatic heterocycles. The minimum Gasteiger partial charge on any atom is -0.442 e. The molecule has 0 aromatic carbocycles. The fraction of sp³-hybridized carbons (Fsp3) is 0.333. The molecular formula is C12H12BrClN2O2. The zero-order valence-electron chi connectivity index (χ0n) is 10.0. The third-order valence-corrected chi connectivity index (χ3v) is 3.86. The van der Waals surface area contributed by atoms with Gasteiger partial charge in [0.1, 0.15) is 0 Å². The Morgan fingerprint density at radius 3 is 2.83 bits per heavy atom. The first kappa shape index (κ1) is 13.4. The first-order valence-corrected chi connectivity index (χ1v) is 6.70. The average molecular weight is 332 g/mol. The van der Waals surface area contributed by atoms with Crippen LogP contribution in [0.5, 0.6) is 0 Å². The van der Waals surface area contributed by atoms with Gasteiger partial charge in [-0.05, 0) is 53.5 Å². The van der Waals surface area contributed by atoms with Crippen LogP contribution in [0.25, 0.3) is 0 Å². The maximum atomic E-state index is 12.0. The van der Waals surface area contributed by atoms with Crippen molar-refractivity contribution in [1.82, 2.24) is 9.78 Å². The van der Waals surface area contributed by atoms with E-state index in [0.717, 1.165) is 15.9 Å². The molecule has 0 spiro atoms. The topological polar surface area (TPSA) is 48.0 Å². The smallest absolute Gasteiger partial charge is 0.204 e. The molecule has 2 aromatic rings. The largest absolute Gasteiger partial charge is 0.442 e. The fourth-order valence-electron chi connectivity index (χ4n) is 1.74. The van der Waals surface area contributed by atoms with Crippen molar-refractivity contribution in [2.24, 2.45) is 0 Å². The number of carbonyl (C=O) groups is 1. The third kappa shape index (κ3) is 2.52. The van der Waals surface area contributed by atoms with Gasteiger partial charge in [0.15, 0.2) is 11.0 Å². The maximum absolute atomic E-state index is 12.0. The van der Waals surface area contributed by atoms with Crippen LogP contribution in [-0.4, -0.2) is 15.6 Å². The van der Waals surface area contributed by atoms with Crippen LogP contribution in [0.4, 0.5) is 0 Å².